The first-order valence-corrected chi connectivity index (χ1v) is 21.6. The molecule has 0 aliphatic carbocycles. The van der Waals surface area contributed by atoms with Crippen molar-refractivity contribution >= 4 is 53.4 Å². The van der Waals surface area contributed by atoms with Crippen molar-refractivity contribution in [3.63, 3.8) is 0 Å². The van der Waals surface area contributed by atoms with Crippen LogP contribution in [-0.4, -0.2) is 132 Å². The van der Waals surface area contributed by atoms with Gasteiger partial charge in [0.05, 0.1) is 6.42 Å². The largest absolute Gasteiger partial charge is 0.480 e. The van der Waals surface area contributed by atoms with Gasteiger partial charge in [-0.05, 0) is 62.0 Å². The van der Waals surface area contributed by atoms with Crippen LogP contribution < -0.4 is 43.8 Å². The maximum Gasteiger partial charge on any atom is 0.326 e. The van der Waals surface area contributed by atoms with Crippen LogP contribution in [0.2, 0.25) is 0 Å². The van der Waals surface area contributed by atoms with Gasteiger partial charge in [0.25, 0.3) is 0 Å². The number of nitrogens with two attached hydrogens (primary N) is 3. The molecular formula is C44H65N11O9. The number of aryl methyl sites for hydroxylation is 1. The number of carbonyl (C=O) groups is 8. The lowest BCUT2D eigenvalue weighted by atomic mass is 9.95. The predicted octanol–water partition coefficient (Wildman–Crippen LogP) is -0.118. The Kier molecular flexibility index (Phi) is 21.0. The topological polar surface area (TPSA) is 314 Å². The van der Waals surface area contributed by atoms with Crippen LogP contribution in [-0.2, 0) is 46.4 Å². The summed E-state index contributed by atoms with van der Waals surface area (Å²) in [5.74, 6) is -6.31. The van der Waals surface area contributed by atoms with Gasteiger partial charge in [-0.1, -0.05) is 80.9 Å². The Hall–Kier alpha value is -6.73. The van der Waals surface area contributed by atoms with E-state index in [4.69, 9.17) is 17.2 Å². The average Bonchev–Trinajstić information content (AvgIpc) is 3.26. The second kappa shape index (κ2) is 26.0. The van der Waals surface area contributed by atoms with Crippen LogP contribution in [0.1, 0.15) is 76.3 Å². The first-order chi connectivity index (χ1) is 30.4. The fourth-order valence-electron chi connectivity index (χ4n) is 7.25. The molecule has 0 radical (unpaired) electrons. The molecule has 2 aromatic rings. The van der Waals surface area contributed by atoms with Gasteiger partial charge in [-0.2, -0.15) is 0 Å². The molecule has 7 atom stereocenters. The Bertz CT molecular complexity index is 1930. The third-order valence-electron chi connectivity index (χ3n) is 11.2. The van der Waals surface area contributed by atoms with Gasteiger partial charge >= 0.3 is 12.0 Å². The van der Waals surface area contributed by atoms with Crippen molar-refractivity contribution in [2.45, 2.75) is 114 Å². The number of aliphatic carboxylic acids is 1. The highest BCUT2D eigenvalue weighted by atomic mass is 16.4. The molecule has 0 unspecified atom stereocenters. The van der Waals surface area contributed by atoms with E-state index in [2.05, 4.69) is 31.6 Å². The number of nitrogens with one attached hydrogen (secondary N) is 5. The molecule has 0 spiro atoms. The molecule has 1 aliphatic heterocycles. The number of hydrogen-bond donors (Lipinski definition) is 9. The van der Waals surface area contributed by atoms with Gasteiger partial charge < -0.3 is 58.7 Å². The number of carboxylic acid groups (broad SMARTS) is 1. The number of amides is 8. The molecule has 1 fully saturated rings. The molecule has 3 rings (SSSR count). The molecule has 0 aromatic heterocycles. The maximum atomic E-state index is 14.7. The minimum absolute atomic E-state index is 0.0105. The number of rotatable bonds is 16. The number of primary amides is 1. The number of urea groups is 1. The molecule has 0 bridgehead atoms. The van der Waals surface area contributed by atoms with E-state index in [0.29, 0.717) is 24.8 Å². The second-order valence-electron chi connectivity index (χ2n) is 16.0. The van der Waals surface area contributed by atoms with Gasteiger partial charge in [0, 0.05) is 33.6 Å². The predicted molar refractivity (Wildman–Crippen MR) is 239 cm³/mol. The van der Waals surface area contributed by atoms with Crippen molar-refractivity contribution < 1.29 is 43.5 Å². The summed E-state index contributed by atoms with van der Waals surface area (Å²) in [6.07, 6.45) is 1.05. The van der Waals surface area contributed by atoms with Crippen molar-refractivity contribution in [1.82, 2.24) is 36.4 Å². The summed E-state index contributed by atoms with van der Waals surface area (Å²) >= 11 is 0. The summed E-state index contributed by atoms with van der Waals surface area (Å²) < 4.78 is 0. The van der Waals surface area contributed by atoms with Crippen LogP contribution in [0, 0.1) is 5.92 Å². The van der Waals surface area contributed by atoms with E-state index in [9.17, 15) is 43.5 Å². The van der Waals surface area contributed by atoms with Crippen molar-refractivity contribution in [2.75, 3.05) is 27.2 Å². The molecule has 64 heavy (non-hydrogen) atoms. The molecule has 0 saturated carbocycles. The molecule has 8 amide bonds. The molecule has 20 heteroatoms. The average molecular weight is 892 g/mol. The van der Waals surface area contributed by atoms with Crippen LogP contribution in [0.3, 0.4) is 0 Å². The fraction of sp³-hybridized carbons (Fsp3) is 0.523. The zero-order chi connectivity index (χ0) is 47.3. The first-order valence-electron chi connectivity index (χ1n) is 21.6. The Morgan fingerprint density at radius 2 is 1.47 bits per heavy atom. The monoisotopic (exact) mass is 891 g/mol. The van der Waals surface area contributed by atoms with Crippen molar-refractivity contribution in [2.24, 2.45) is 28.1 Å². The number of aliphatic imine (C=N–C) groups is 1. The van der Waals surface area contributed by atoms with Crippen molar-refractivity contribution in [3.8, 4) is 0 Å². The molecule has 350 valence electrons. The Morgan fingerprint density at radius 3 is 2.06 bits per heavy atom. The summed E-state index contributed by atoms with van der Waals surface area (Å²) in [6.45, 7) is 3.77. The van der Waals surface area contributed by atoms with E-state index in [0.717, 1.165) is 10.5 Å². The number of carboxylic acids is 1. The molecule has 12 N–H and O–H groups in total. The molecular weight excluding hydrogens is 827 g/mol. The van der Waals surface area contributed by atoms with E-state index >= 15 is 0 Å². The zero-order valence-corrected chi connectivity index (χ0v) is 37.1. The summed E-state index contributed by atoms with van der Waals surface area (Å²) in [4.78, 5) is 115. The van der Waals surface area contributed by atoms with Crippen molar-refractivity contribution in [1.29, 1.82) is 0 Å². The lowest BCUT2D eigenvalue weighted by Gasteiger charge is -2.37. The van der Waals surface area contributed by atoms with Gasteiger partial charge in [0.15, 0.2) is 5.96 Å². The normalized spacial score (nSPS) is 21.7. The number of likely N-dealkylation sites (N-methyl/N-ethyl adjacent to an activating group) is 2. The van der Waals surface area contributed by atoms with Crippen LogP contribution in [0.4, 0.5) is 4.79 Å². The highest BCUT2D eigenvalue weighted by Crippen LogP contribution is 2.19. The van der Waals surface area contributed by atoms with Crippen LogP contribution >= 0.6 is 0 Å². The summed E-state index contributed by atoms with van der Waals surface area (Å²) in [5, 5.41) is 23.1. The highest BCUT2D eigenvalue weighted by molar-refractivity contribution is 5.98. The van der Waals surface area contributed by atoms with E-state index < -0.39 is 96.0 Å². The summed E-state index contributed by atoms with van der Waals surface area (Å²) in [6, 6.07) is 9.47. The molecule has 1 heterocycles. The van der Waals surface area contributed by atoms with Crippen LogP contribution in [0.15, 0.2) is 65.7 Å². The fourth-order valence-corrected chi connectivity index (χ4v) is 7.25. The standard InChI is InChI=1S/C44H65N11O9/c1-5-27(2)36-41(61)54(3)33(22-21-28-15-8-6-9-16-28)40(60)55(4)34(26-35(45)56)39(59)50-32(25-29-17-10-7-11-18-29)37(57)48-23-13-12-19-30(38(58)53-36)51-44(64)52-31(42(62)63)20-14-24-49-43(46)47/h6-11,15-18,27,30-34,36H,5,12-14,19-26H2,1-4H3,(H2,45,56)(H,48,57)(H,50,59)(H,53,58)(H,62,63)(H4,46,47,49)(H2,51,52,64)/t27-,30-,31+,32+,33-,34+,36+/m0/s1. The third kappa shape index (κ3) is 16.5. The van der Waals surface area contributed by atoms with Crippen LogP contribution in [0.5, 0.6) is 0 Å². The van der Waals surface area contributed by atoms with Gasteiger partial charge in [-0.15, -0.1) is 0 Å². The van der Waals surface area contributed by atoms with Crippen molar-refractivity contribution in [3.05, 3.63) is 71.8 Å². The highest BCUT2D eigenvalue weighted by Gasteiger charge is 2.40. The smallest absolute Gasteiger partial charge is 0.326 e. The first kappa shape index (κ1) is 51.6. The zero-order valence-electron chi connectivity index (χ0n) is 37.1. The number of benzene rings is 2. The SMILES string of the molecule is CC[C@H](C)[C@H]1NC(=O)[C@@H](NC(=O)N[C@H](CCCN=C(N)N)C(=O)O)CCCCNC(=O)[C@@H](Cc2ccccc2)NC(=O)[C@@H](CC(N)=O)N(C)C(=O)[C@H](CCc2ccccc2)N(C)C1=O. The molecule has 1 saturated heterocycles. The number of nitrogens with zero attached hydrogens (tertiary/aromatic N) is 3. The summed E-state index contributed by atoms with van der Waals surface area (Å²) in [5.41, 5.74) is 17.9. The van der Waals surface area contributed by atoms with Crippen LogP contribution in [0.25, 0.3) is 0 Å². The number of guanidine groups is 1. The minimum atomic E-state index is -1.47. The lowest BCUT2D eigenvalue weighted by Crippen LogP contribution is -2.61. The Labute approximate surface area is 373 Å². The molecule has 20 nitrogen and oxygen atoms in total. The van der Waals surface area contributed by atoms with Gasteiger partial charge in [-0.25, -0.2) is 9.59 Å². The summed E-state index contributed by atoms with van der Waals surface area (Å²) in [7, 11) is 2.74. The second-order valence-corrected chi connectivity index (χ2v) is 16.0. The number of hydrogen-bond acceptors (Lipinski definition) is 9. The maximum absolute atomic E-state index is 14.7. The molecule has 1 aliphatic rings. The van der Waals surface area contributed by atoms with E-state index in [-0.39, 0.29) is 57.6 Å². The van der Waals surface area contributed by atoms with Gasteiger partial charge in [0.1, 0.15) is 36.3 Å². The Balaban J connectivity index is 2.07. The van der Waals surface area contributed by atoms with E-state index in [1.54, 1.807) is 37.3 Å². The molecule has 2 aromatic carbocycles. The van der Waals surface area contributed by atoms with E-state index in [1.807, 2.05) is 37.3 Å². The third-order valence-corrected chi connectivity index (χ3v) is 11.2. The quantitative estimate of drug-likeness (QED) is 0.0608. The Morgan fingerprint density at radius 1 is 0.844 bits per heavy atom. The van der Waals surface area contributed by atoms with E-state index in [1.165, 1.54) is 19.0 Å². The van der Waals surface area contributed by atoms with Gasteiger partial charge in [-0.3, -0.25) is 33.8 Å². The number of carbonyl (C=O) groups excluding carboxylic acids is 7. The lowest BCUT2D eigenvalue weighted by molar-refractivity contribution is -0.150. The van der Waals surface area contributed by atoms with Gasteiger partial charge in [0.2, 0.25) is 35.4 Å². The minimum Gasteiger partial charge on any atom is -0.480 e.